The molecule has 4 nitrogen and oxygen atoms in total. The molecule has 1 saturated carbocycles. The maximum atomic E-state index is 6.15. The molecule has 5 heteroatoms. The molecule has 1 aromatic carbocycles. The molecule has 0 N–H and O–H groups in total. The average molecular weight is 321 g/mol. The SMILES string of the molecule is Clc1cc(C2CC2c2ccc3cccnc3c2)c2nccn2n1. The van der Waals surface area contributed by atoms with Gasteiger partial charge in [-0.1, -0.05) is 29.8 Å². The number of aromatic nitrogens is 4. The van der Waals surface area contributed by atoms with E-state index in [-0.39, 0.29) is 0 Å². The largest absolute Gasteiger partial charge is 0.256 e. The molecular weight excluding hydrogens is 308 g/mol. The summed E-state index contributed by atoms with van der Waals surface area (Å²) in [6.45, 7) is 0. The van der Waals surface area contributed by atoms with Crippen molar-refractivity contribution in [2.75, 3.05) is 0 Å². The zero-order valence-corrected chi connectivity index (χ0v) is 13.0. The summed E-state index contributed by atoms with van der Waals surface area (Å²) < 4.78 is 1.76. The van der Waals surface area contributed by atoms with Gasteiger partial charge in [0.25, 0.3) is 0 Å². The molecule has 112 valence electrons. The van der Waals surface area contributed by atoms with Crippen molar-refractivity contribution in [3.8, 4) is 0 Å². The first-order valence-corrected chi connectivity index (χ1v) is 8.02. The van der Waals surface area contributed by atoms with Crippen LogP contribution >= 0.6 is 11.6 Å². The summed E-state index contributed by atoms with van der Waals surface area (Å²) in [5, 5.41) is 5.94. The Bertz CT molecular complexity index is 1040. The number of benzene rings is 1. The first kappa shape index (κ1) is 13.0. The quantitative estimate of drug-likeness (QED) is 0.556. The van der Waals surface area contributed by atoms with Crippen molar-refractivity contribution in [2.24, 2.45) is 0 Å². The highest BCUT2D eigenvalue weighted by molar-refractivity contribution is 6.29. The molecule has 4 aromatic rings. The molecule has 1 aliphatic rings. The summed E-state index contributed by atoms with van der Waals surface area (Å²) >= 11 is 6.15. The number of nitrogens with zero attached hydrogens (tertiary/aromatic N) is 4. The van der Waals surface area contributed by atoms with Gasteiger partial charge in [0.1, 0.15) is 5.15 Å². The molecule has 2 atom stereocenters. The van der Waals surface area contributed by atoms with Crippen LogP contribution in [0.2, 0.25) is 5.15 Å². The monoisotopic (exact) mass is 320 g/mol. The minimum absolute atomic E-state index is 0.446. The Hall–Kier alpha value is -2.46. The van der Waals surface area contributed by atoms with Gasteiger partial charge in [-0.05, 0) is 42.0 Å². The van der Waals surface area contributed by atoms with Crippen molar-refractivity contribution < 1.29 is 0 Å². The molecular formula is C18H13ClN4. The third-order valence-corrected chi connectivity index (χ3v) is 4.79. The molecule has 2 unspecified atom stereocenters. The second kappa shape index (κ2) is 4.77. The number of hydrogen-bond acceptors (Lipinski definition) is 3. The fourth-order valence-electron chi connectivity index (χ4n) is 3.40. The van der Waals surface area contributed by atoms with E-state index < -0.39 is 0 Å². The topological polar surface area (TPSA) is 43.1 Å². The van der Waals surface area contributed by atoms with Gasteiger partial charge in [-0.3, -0.25) is 4.98 Å². The van der Waals surface area contributed by atoms with E-state index in [1.165, 1.54) is 16.5 Å². The lowest BCUT2D eigenvalue weighted by atomic mass is 10.0. The molecule has 1 fully saturated rings. The van der Waals surface area contributed by atoms with Crippen LogP contribution in [-0.2, 0) is 0 Å². The zero-order chi connectivity index (χ0) is 15.4. The Kier molecular flexibility index (Phi) is 2.70. The van der Waals surface area contributed by atoms with E-state index in [0.717, 1.165) is 17.6 Å². The minimum atomic E-state index is 0.446. The van der Waals surface area contributed by atoms with Gasteiger partial charge in [-0.25, -0.2) is 9.50 Å². The predicted octanol–water partition coefficient (Wildman–Crippen LogP) is 4.20. The second-order valence-electron chi connectivity index (χ2n) is 6.02. The highest BCUT2D eigenvalue weighted by atomic mass is 35.5. The van der Waals surface area contributed by atoms with Gasteiger partial charge in [0, 0.05) is 29.5 Å². The van der Waals surface area contributed by atoms with Gasteiger partial charge in [0.05, 0.1) is 5.52 Å². The first-order valence-electron chi connectivity index (χ1n) is 7.64. The number of imidazole rings is 1. The van der Waals surface area contributed by atoms with Crippen LogP contribution in [0.25, 0.3) is 16.6 Å². The number of halogens is 1. The van der Waals surface area contributed by atoms with E-state index in [2.05, 4.69) is 39.3 Å². The molecule has 0 amide bonds. The van der Waals surface area contributed by atoms with Crippen LogP contribution in [0.3, 0.4) is 0 Å². The lowest BCUT2D eigenvalue weighted by Crippen LogP contribution is -1.96. The van der Waals surface area contributed by atoms with Gasteiger partial charge in [0.15, 0.2) is 5.65 Å². The Labute approximate surface area is 137 Å². The maximum absolute atomic E-state index is 6.15. The summed E-state index contributed by atoms with van der Waals surface area (Å²) in [4.78, 5) is 8.89. The van der Waals surface area contributed by atoms with Crippen molar-refractivity contribution in [1.82, 2.24) is 19.6 Å². The molecule has 3 aromatic heterocycles. The molecule has 3 heterocycles. The minimum Gasteiger partial charge on any atom is -0.256 e. The van der Waals surface area contributed by atoms with E-state index in [0.29, 0.717) is 17.0 Å². The van der Waals surface area contributed by atoms with E-state index >= 15 is 0 Å². The molecule has 0 saturated heterocycles. The van der Waals surface area contributed by atoms with Crippen molar-refractivity contribution in [2.45, 2.75) is 18.3 Å². The van der Waals surface area contributed by atoms with E-state index in [9.17, 15) is 0 Å². The van der Waals surface area contributed by atoms with E-state index in [4.69, 9.17) is 11.6 Å². The van der Waals surface area contributed by atoms with Gasteiger partial charge in [-0.2, -0.15) is 5.10 Å². The molecule has 0 bridgehead atoms. The van der Waals surface area contributed by atoms with Crippen molar-refractivity contribution in [3.63, 3.8) is 0 Å². The Balaban J connectivity index is 1.55. The predicted molar refractivity (Wildman–Crippen MR) is 89.8 cm³/mol. The number of hydrogen-bond donors (Lipinski definition) is 0. The van der Waals surface area contributed by atoms with Gasteiger partial charge < -0.3 is 0 Å². The molecule has 0 radical (unpaired) electrons. The summed E-state index contributed by atoms with van der Waals surface area (Å²) in [6, 6.07) is 12.6. The van der Waals surface area contributed by atoms with Crippen LogP contribution in [0.15, 0.2) is 55.0 Å². The molecule has 0 aliphatic heterocycles. The number of fused-ring (bicyclic) bond motifs is 2. The van der Waals surface area contributed by atoms with E-state index in [1.807, 2.05) is 24.5 Å². The van der Waals surface area contributed by atoms with Gasteiger partial charge >= 0.3 is 0 Å². The number of rotatable bonds is 2. The Morgan fingerprint density at radius 3 is 2.96 bits per heavy atom. The zero-order valence-electron chi connectivity index (χ0n) is 12.2. The van der Waals surface area contributed by atoms with Crippen LogP contribution < -0.4 is 0 Å². The Morgan fingerprint density at radius 2 is 2.00 bits per heavy atom. The van der Waals surface area contributed by atoms with Crippen LogP contribution in [-0.4, -0.2) is 19.6 Å². The van der Waals surface area contributed by atoms with Crippen molar-refractivity contribution in [3.05, 3.63) is 71.3 Å². The van der Waals surface area contributed by atoms with Crippen LogP contribution in [0.5, 0.6) is 0 Å². The molecule has 5 rings (SSSR count). The van der Waals surface area contributed by atoms with Crippen LogP contribution in [0.1, 0.15) is 29.4 Å². The van der Waals surface area contributed by atoms with Crippen molar-refractivity contribution >= 4 is 28.2 Å². The first-order chi connectivity index (χ1) is 11.3. The lowest BCUT2D eigenvalue weighted by Gasteiger charge is -2.05. The third-order valence-electron chi connectivity index (χ3n) is 4.61. The molecule has 1 aliphatic carbocycles. The Morgan fingerprint density at radius 1 is 1.04 bits per heavy atom. The highest BCUT2D eigenvalue weighted by Crippen LogP contribution is 2.55. The van der Waals surface area contributed by atoms with Gasteiger partial charge in [-0.15, -0.1) is 0 Å². The molecule has 23 heavy (non-hydrogen) atoms. The second-order valence-corrected chi connectivity index (χ2v) is 6.41. The maximum Gasteiger partial charge on any atom is 0.157 e. The fourth-order valence-corrected chi connectivity index (χ4v) is 3.60. The third kappa shape index (κ3) is 2.10. The number of pyridine rings is 1. The average Bonchev–Trinajstić information content (AvgIpc) is 3.23. The fraction of sp³-hybridized carbons (Fsp3) is 0.167. The van der Waals surface area contributed by atoms with Gasteiger partial charge in [0.2, 0.25) is 0 Å². The summed E-state index contributed by atoms with van der Waals surface area (Å²) in [6.07, 6.45) is 6.55. The summed E-state index contributed by atoms with van der Waals surface area (Å²) in [7, 11) is 0. The summed E-state index contributed by atoms with van der Waals surface area (Å²) in [5.74, 6) is 0.946. The van der Waals surface area contributed by atoms with Crippen molar-refractivity contribution in [1.29, 1.82) is 0 Å². The van der Waals surface area contributed by atoms with Crippen LogP contribution in [0, 0.1) is 0 Å². The summed E-state index contributed by atoms with van der Waals surface area (Å²) in [5.41, 5.74) is 4.47. The standard InChI is InChI=1S/C18H13ClN4/c19-17-10-15(18-21-6-7-23(18)22-17)14-9-13(14)12-4-3-11-2-1-5-20-16(11)8-12/h1-8,10,13-14H,9H2. The lowest BCUT2D eigenvalue weighted by molar-refractivity contribution is 0.906. The molecule has 0 spiro atoms. The van der Waals surface area contributed by atoms with E-state index in [1.54, 1.807) is 10.7 Å². The van der Waals surface area contributed by atoms with Crippen LogP contribution in [0.4, 0.5) is 0 Å². The highest BCUT2D eigenvalue weighted by Gasteiger charge is 2.41. The smallest absolute Gasteiger partial charge is 0.157 e. The normalized spacial score (nSPS) is 20.2.